The highest BCUT2D eigenvalue weighted by Crippen LogP contribution is 2.33. The Morgan fingerprint density at radius 2 is 2.09 bits per heavy atom. The highest BCUT2D eigenvalue weighted by molar-refractivity contribution is 5.78. The van der Waals surface area contributed by atoms with Gasteiger partial charge in [-0.2, -0.15) is 5.26 Å². The fourth-order valence-electron chi connectivity index (χ4n) is 2.40. The molecule has 1 aromatic carbocycles. The first kappa shape index (κ1) is 14.7. The molecule has 0 aliphatic rings. The predicted octanol–water partition coefficient (Wildman–Crippen LogP) is 3.73. The number of nitrogens with two attached hydrogens (primary N) is 1. The lowest BCUT2D eigenvalue weighted by atomic mass is 10.0. The third kappa shape index (κ3) is 2.74. The van der Waals surface area contributed by atoms with Crippen molar-refractivity contribution in [2.75, 3.05) is 5.73 Å². The summed E-state index contributed by atoms with van der Waals surface area (Å²) in [5.74, 6) is 1.69. The number of aryl methyl sites for hydroxylation is 1. The molecule has 0 aliphatic heterocycles. The van der Waals surface area contributed by atoms with E-state index in [1.807, 2.05) is 25.1 Å². The van der Waals surface area contributed by atoms with Gasteiger partial charge in [0.25, 0.3) is 0 Å². The van der Waals surface area contributed by atoms with Crippen LogP contribution < -0.4 is 5.73 Å². The monoisotopic (exact) mass is 305 g/mol. The molecule has 0 spiro atoms. The summed E-state index contributed by atoms with van der Waals surface area (Å²) in [4.78, 5) is 4.27. The number of phenols is 1. The van der Waals surface area contributed by atoms with E-state index in [-0.39, 0.29) is 17.1 Å². The van der Waals surface area contributed by atoms with Crippen LogP contribution in [-0.2, 0) is 6.42 Å². The third-order valence-corrected chi connectivity index (χ3v) is 3.58. The molecular weight excluding hydrogens is 290 g/mol. The van der Waals surface area contributed by atoms with E-state index in [4.69, 9.17) is 10.2 Å². The van der Waals surface area contributed by atoms with Gasteiger partial charge in [0.1, 0.15) is 34.7 Å². The van der Waals surface area contributed by atoms with Crippen molar-refractivity contribution in [1.29, 1.82) is 5.26 Å². The van der Waals surface area contributed by atoms with E-state index >= 15 is 0 Å². The molecule has 114 valence electrons. The Balaban J connectivity index is 2.20. The van der Waals surface area contributed by atoms with Crippen LogP contribution in [0.25, 0.3) is 22.6 Å². The van der Waals surface area contributed by atoms with Crippen molar-refractivity contribution < 1.29 is 9.52 Å². The van der Waals surface area contributed by atoms with Crippen LogP contribution in [0.4, 0.5) is 5.82 Å². The van der Waals surface area contributed by atoms with Crippen molar-refractivity contribution in [2.24, 2.45) is 0 Å². The largest absolute Gasteiger partial charge is 0.508 e. The van der Waals surface area contributed by atoms with Crippen molar-refractivity contribution in [1.82, 2.24) is 4.98 Å². The van der Waals surface area contributed by atoms with Crippen molar-refractivity contribution in [3.05, 3.63) is 53.8 Å². The lowest BCUT2D eigenvalue weighted by Crippen LogP contribution is -1.99. The van der Waals surface area contributed by atoms with Gasteiger partial charge in [-0.05, 0) is 30.3 Å². The van der Waals surface area contributed by atoms with Gasteiger partial charge in [-0.3, -0.25) is 0 Å². The second-order valence-corrected chi connectivity index (χ2v) is 5.10. The van der Waals surface area contributed by atoms with Crippen LogP contribution in [0.2, 0.25) is 0 Å². The van der Waals surface area contributed by atoms with Crippen LogP contribution in [0.3, 0.4) is 0 Å². The third-order valence-electron chi connectivity index (χ3n) is 3.58. The number of benzene rings is 1. The minimum absolute atomic E-state index is 0.137. The van der Waals surface area contributed by atoms with E-state index in [0.29, 0.717) is 22.6 Å². The summed E-state index contributed by atoms with van der Waals surface area (Å²) in [5, 5.41) is 19.0. The maximum atomic E-state index is 9.64. The Morgan fingerprint density at radius 1 is 1.26 bits per heavy atom. The fraction of sp³-hybridized carbons (Fsp3) is 0.111. The van der Waals surface area contributed by atoms with Crippen molar-refractivity contribution >= 4 is 5.82 Å². The summed E-state index contributed by atoms with van der Waals surface area (Å²) in [6.07, 6.45) is 0.766. The van der Waals surface area contributed by atoms with E-state index in [0.717, 1.165) is 12.2 Å². The van der Waals surface area contributed by atoms with Crippen molar-refractivity contribution in [3.8, 4) is 34.4 Å². The Labute approximate surface area is 133 Å². The first-order valence-corrected chi connectivity index (χ1v) is 7.21. The lowest BCUT2D eigenvalue weighted by molar-refractivity contribution is 0.475. The number of nitrogens with zero attached hydrogens (tertiary/aromatic N) is 2. The van der Waals surface area contributed by atoms with Crippen LogP contribution in [0.15, 0.2) is 46.9 Å². The molecule has 5 heteroatoms. The smallest absolute Gasteiger partial charge is 0.142 e. The van der Waals surface area contributed by atoms with Gasteiger partial charge in [0.15, 0.2) is 0 Å². The maximum Gasteiger partial charge on any atom is 0.142 e. The number of furan rings is 1. The number of pyridine rings is 1. The molecule has 3 aromatic rings. The highest BCUT2D eigenvalue weighted by atomic mass is 16.3. The molecule has 0 saturated carbocycles. The van der Waals surface area contributed by atoms with Crippen LogP contribution in [0, 0.1) is 11.3 Å². The van der Waals surface area contributed by atoms with Gasteiger partial charge >= 0.3 is 0 Å². The summed E-state index contributed by atoms with van der Waals surface area (Å²) in [6, 6.07) is 14.2. The van der Waals surface area contributed by atoms with Gasteiger partial charge in [0.2, 0.25) is 0 Å². The summed E-state index contributed by atoms with van der Waals surface area (Å²) in [5.41, 5.74) is 8.11. The molecular formula is C18H15N3O2. The number of phenolic OH excluding ortho intramolecular Hbond substituents is 1. The minimum Gasteiger partial charge on any atom is -0.508 e. The molecule has 0 unspecified atom stereocenters. The van der Waals surface area contributed by atoms with Gasteiger partial charge in [-0.1, -0.05) is 19.1 Å². The van der Waals surface area contributed by atoms with E-state index in [9.17, 15) is 10.4 Å². The molecule has 2 heterocycles. The van der Waals surface area contributed by atoms with Crippen LogP contribution >= 0.6 is 0 Å². The molecule has 0 bridgehead atoms. The van der Waals surface area contributed by atoms with Gasteiger partial charge in [-0.25, -0.2) is 4.98 Å². The van der Waals surface area contributed by atoms with E-state index < -0.39 is 0 Å². The predicted molar refractivity (Wildman–Crippen MR) is 87.5 cm³/mol. The molecule has 2 aromatic heterocycles. The molecule has 0 atom stereocenters. The summed E-state index contributed by atoms with van der Waals surface area (Å²) < 4.78 is 5.75. The van der Waals surface area contributed by atoms with Gasteiger partial charge in [-0.15, -0.1) is 0 Å². The van der Waals surface area contributed by atoms with E-state index in [2.05, 4.69) is 11.1 Å². The average Bonchev–Trinajstić information content (AvgIpc) is 3.03. The number of aromatic nitrogens is 1. The number of rotatable bonds is 3. The zero-order chi connectivity index (χ0) is 16.4. The van der Waals surface area contributed by atoms with E-state index in [1.54, 1.807) is 24.3 Å². The average molecular weight is 305 g/mol. The first-order valence-electron chi connectivity index (χ1n) is 7.21. The molecule has 0 amide bonds. The molecule has 0 aliphatic carbocycles. The van der Waals surface area contributed by atoms with Crippen LogP contribution in [0.5, 0.6) is 5.75 Å². The molecule has 0 fully saturated rings. The van der Waals surface area contributed by atoms with Crippen molar-refractivity contribution in [3.63, 3.8) is 0 Å². The number of nitriles is 1. The lowest BCUT2D eigenvalue weighted by Gasteiger charge is -2.08. The normalized spacial score (nSPS) is 10.4. The zero-order valence-electron chi connectivity index (χ0n) is 12.6. The van der Waals surface area contributed by atoms with Crippen LogP contribution in [0.1, 0.15) is 18.2 Å². The summed E-state index contributed by atoms with van der Waals surface area (Å²) in [6.45, 7) is 1.99. The molecule has 3 N–H and O–H groups in total. The van der Waals surface area contributed by atoms with E-state index in [1.165, 1.54) is 0 Å². The Kier molecular flexibility index (Phi) is 3.73. The summed E-state index contributed by atoms with van der Waals surface area (Å²) >= 11 is 0. The number of hydrogen-bond acceptors (Lipinski definition) is 5. The second kappa shape index (κ2) is 5.85. The fourth-order valence-corrected chi connectivity index (χ4v) is 2.40. The van der Waals surface area contributed by atoms with Gasteiger partial charge in [0.05, 0.1) is 5.69 Å². The number of nitrogen functional groups attached to an aromatic ring is 1. The minimum atomic E-state index is 0.137. The zero-order valence-corrected chi connectivity index (χ0v) is 12.6. The molecule has 3 rings (SSSR count). The molecule has 0 radical (unpaired) electrons. The topological polar surface area (TPSA) is 96.1 Å². The first-order chi connectivity index (χ1) is 11.1. The quantitative estimate of drug-likeness (QED) is 0.768. The Morgan fingerprint density at radius 3 is 2.74 bits per heavy atom. The van der Waals surface area contributed by atoms with Crippen molar-refractivity contribution in [2.45, 2.75) is 13.3 Å². The highest BCUT2D eigenvalue weighted by Gasteiger charge is 2.16. The van der Waals surface area contributed by atoms with Crippen LogP contribution in [-0.4, -0.2) is 10.1 Å². The molecule has 5 nitrogen and oxygen atoms in total. The Hall–Kier alpha value is -3.26. The molecule has 0 saturated heterocycles. The number of anilines is 1. The second-order valence-electron chi connectivity index (χ2n) is 5.10. The summed E-state index contributed by atoms with van der Waals surface area (Å²) in [7, 11) is 0. The number of hydrogen-bond donors (Lipinski definition) is 2. The number of aromatic hydroxyl groups is 1. The maximum absolute atomic E-state index is 9.64. The SMILES string of the molecule is CCc1ccc(-c2cc(-c3cccc(O)c3)nc(N)c2C#N)o1. The van der Waals surface area contributed by atoms with Gasteiger partial charge in [0, 0.05) is 17.5 Å². The standard InChI is InChI=1S/C18H15N3O2/c1-2-13-6-7-17(23-13)14-9-16(21-18(20)15(14)10-19)11-4-3-5-12(22)8-11/h3-9,22H,2H2,1H3,(H2,20,21). The Bertz CT molecular complexity index is 907. The molecule has 23 heavy (non-hydrogen) atoms. The van der Waals surface area contributed by atoms with Gasteiger partial charge < -0.3 is 15.3 Å².